The molecule has 0 radical (unpaired) electrons. The number of carbonyl (C=O) groups excluding carboxylic acids is 1. The molecule has 1 amide bonds. The lowest BCUT2D eigenvalue weighted by Crippen LogP contribution is -2.13. The average molecular weight is 292 g/mol. The van der Waals surface area contributed by atoms with E-state index in [-0.39, 0.29) is 5.82 Å². The van der Waals surface area contributed by atoms with E-state index in [2.05, 4.69) is 10.1 Å². The number of aryl methyl sites for hydroxylation is 1. The van der Waals surface area contributed by atoms with Crippen molar-refractivity contribution in [2.45, 2.75) is 13.8 Å². The van der Waals surface area contributed by atoms with Gasteiger partial charge in [-0.1, -0.05) is 42.5 Å². The van der Waals surface area contributed by atoms with Crippen LogP contribution in [0.1, 0.15) is 21.7 Å². The molecule has 0 fully saturated rings. The highest BCUT2D eigenvalue weighted by Gasteiger charge is 2.17. The maximum Gasteiger partial charge on any atom is 0.288 e. The Hall–Kier alpha value is -2.95. The van der Waals surface area contributed by atoms with Gasteiger partial charge in [0, 0.05) is 5.56 Å². The van der Waals surface area contributed by atoms with Crippen molar-refractivity contribution in [3.05, 3.63) is 65.5 Å². The minimum atomic E-state index is -0.638. The molecule has 0 saturated carbocycles. The monoisotopic (exact) mass is 292 g/mol. The molecule has 3 rings (SSSR count). The molecule has 22 heavy (non-hydrogen) atoms. The van der Waals surface area contributed by atoms with Crippen molar-refractivity contribution in [2.75, 3.05) is 0 Å². The van der Waals surface area contributed by atoms with E-state index in [0.29, 0.717) is 5.82 Å². The van der Waals surface area contributed by atoms with E-state index in [9.17, 15) is 4.79 Å². The number of hydrogen-bond acceptors (Lipinski definition) is 3. The predicted molar refractivity (Wildman–Crippen MR) is 84.8 cm³/mol. The zero-order valence-electron chi connectivity index (χ0n) is 12.4. The molecule has 2 aromatic carbocycles. The van der Waals surface area contributed by atoms with Crippen LogP contribution in [0.15, 0.2) is 48.5 Å². The zero-order valence-corrected chi connectivity index (χ0v) is 12.4. The van der Waals surface area contributed by atoms with Gasteiger partial charge in [0.05, 0.1) is 5.69 Å². The van der Waals surface area contributed by atoms with Crippen molar-refractivity contribution in [3.8, 4) is 17.1 Å². The molecule has 5 heteroatoms. The molecule has 0 unspecified atom stereocenters. The fourth-order valence-electron chi connectivity index (χ4n) is 2.32. The summed E-state index contributed by atoms with van der Waals surface area (Å²) in [7, 11) is 0. The SMILES string of the molecule is Cc1cccc(-n2nc(C(N)=O)nc2-c2ccccc2)c1C. The van der Waals surface area contributed by atoms with Gasteiger partial charge in [0.25, 0.3) is 5.91 Å². The Morgan fingerprint density at radius 3 is 2.45 bits per heavy atom. The molecule has 0 aliphatic heterocycles. The fourth-order valence-corrected chi connectivity index (χ4v) is 2.32. The molecule has 3 aromatic rings. The van der Waals surface area contributed by atoms with Crippen LogP contribution in [0.3, 0.4) is 0 Å². The Bertz CT molecular complexity index is 837. The number of benzene rings is 2. The number of aromatic nitrogens is 3. The molecule has 2 N–H and O–H groups in total. The lowest BCUT2D eigenvalue weighted by atomic mass is 10.1. The Balaban J connectivity index is 2.26. The Morgan fingerprint density at radius 1 is 1.05 bits per heavy atom. The van der Waals surface area contributed by atoms with Gasteiger partial charge in [-0.3, -0.25) is 4.79 Å². The van der Waals surface area contributed by atoms with Crippen LogP contribution >= 0.6 is 0 Å². The van der Waals surface area contributed by atoms with Crippen LogP contribution in [0.2, 0.25) is 0 Å². The molecule has 1 aromatic heterocycles. The number of carbonyl (C=O) groups is 1. The summed E-state index contributed by atoms with van der Waals surface area (Å²) in [4.78, 5) is 15.8. The minimum absolute atomic E-state index is 0.0137. The topological polar surface area (TPSA) is 73.8 Å². The van der Waals surface area contributed by atoms with E-state index in [1.165, 1.54) is 0 Å². The van der Waals surface area contributed by atoms with Gasteiger partial charge in [-0.05, 0) is 31.0 Å². The van der Waals surface area contributed by atoms with E-state index in [1.807, 2.05) is 62.4 Å². The summed E-state index contributed by atoms with van der Waals surface area (Å²) in [5, 5.41) is 4.29. The smallest absolute Gasteiger partial charge is 0.288 e. The van der Waals surface area contributed by atoms with Crippen molar-refractivity contribution in [1.29, 1.82) is 0 Å². The highest BCUT2D eigenvalue weighted by Crippen LogP contribution is 2.24. The van der Waals surface area contributed by atoms with Crippen molar-refractivity contribution in [1.82, 2.24) is 14.8 Å². The quantitative estimate of drug-likeness (QED) is 0.806. The van der Waals surface area contributed by atoms with Gasteiger partial charge in [-0.25, -0.2) is 9.67 Å². The van der Waals surface area contributed by atoms with E-state index in [0.717, 1.165) is 22.4 Å². The predicted octanol–water partition coefficient (Wildman–Crippen LogP) is 2.65. The number of amides is 1. The molecular weight excluding hydrogens is 276 g/mol. The summed E-state index contributed by atoms with van der Waals surface area (Å²) in [6, 6.07) is 15.6. The standard InChI is InChI=1S/C17H16N4O/c1-11-7-6-10-14(12(11)2)21-17(13-8-4-3-5-9-13)19-16(20-21)15(18)22/h3-10H,1-2H3,(H2,18,22). The summed E-state index contributed by atoms with van der Waals surface area (Å²) >= 11 is 0. The van der Waals surface area contributed by atoms with Crippen LogP contribution < -0.4 is 5.73 Å². The highest BCUT2D eigenvalue weighted by atomic mass is 16.1. The molecule has 0 atom stereocenters. The number of nitrogens with zero attached hydrogens (tertiary/aromatic N) is 3. The highest BCUT2D eigenvalue weighted by molar-refractivity contribution is 5.89. The maximum absolute atomic E-state index is 11.5. The second-order valence-corrected chi connectivity index (χ2v) is 5.12. The van der Waals surface area contributed by atoms with Crippen LogP contribution in [0.4, 0.5) is 0 Å². The molecule has 1 heterocycles. The number of nitrogens with two attached hydrogens (primary N) is 1. The summed E-state index contributed by atoms with van der Waals surface area (Å²) in [6.45, 7) is 4.05. The van der Waals surface area contributed by atoms with Crippen molar-refractivity contribution >= 4 is 5.91 Å². The number of primary amides is 1. The lowest BCUT2D eigenvalue weighted by molar-refractivity contribution is 0.0990. The molecule has 0 bridgehead atoms. The first kappa shape index (κ1) is 14.0. The lowest BCUT2D eigenvalue weighted by Gasteiger charge is -2.10. The fraction of sp³-hybridized carbons (Fsp3) is 0.118. The van der Waals surface area contributed by atoms with E-state index < -0.39 is 5.91 Å². The van der Waals surface area contributed by atoms with Crippen molar-refractivity contribution in [2.24, 2.45) is 5.73 Å². The zero-order chi connectivity index (χ0) is 15.7. The van der Waals surface area contributed by atoms with Gasteiger partial charge < -0.3 is 5.73 Å². The third-order valence-electron chi connectivity index (χ3n) is 3.66. The van der Waals surface area contributed by atoms with Crippen LogP contribution in [-0.4, -0.2) is 20.7 Å². The first-order chi connectivity index (χ1) is 10.6. The normalized spacial score (nSPS) is 10.6. The molecule has 0 aliphatic rings. The molecule has 0 spiro atoms. The second kappa shape index (κ2) is 5.44. The third-order valence-corrected chi connectivity index (χ3v) is 3.66. The van der Waals surface area contributed by atoms with Gasteiger partial charge in [0.2, 0.25) is 5.82 Å². The number of rotatable bonds is 3. The third kappa shape index (κ3) is 2.37. The van der Waals surface area contributed by atoms with Gasteiger partial charge in [0.15, 0.2) is 5.82 Å². The first-order valence-corrected chi connectivity index (χ1v) is 6.97. The second-order valence-electron chi connectivity index (χ2n) is 5.12. The Kier molecular flexibility index (Phi) is 3.47. The molecule has 5 nitrogen and oxygen atoms in total. The van der Waals surface area contributed by atoms with Crippen molar-refractivity contribution < 1.29 is 4.79 Å². The van der Waals surface area contributed by atoms with Crippen LogP contribution in [0.25, 0.3) is 17.1 Å². The van der Waals surface area contributed by atoms with Gasteiger partial charge >= 0.3 is 0 Å². The van der Waals surface area contributed by atoms with Crippen LogP contribution in [-0.2, 0) is 0 Å². The molecule has 0 saturated heterocycles. The number of hydrogen-bond donors (Lipinski definition) is 1. The van der Waals surface area contributed by atoms with Crippen molar-refractivity contribution in [3.63, 3.8) is 0 Å². The summed E-state index contributed by atoms with van der Waals surface area (Å²) in [5.74, 6) is -0.0240. The largest absolute Gasteiger partial charge is 0.363 e. The average Bonchev–Trinajstić information content (AvgIpc) is 2.96. The summed E-state index contributed by atoms with van der Waals surface area (Å²) < 4.78 is 1.68. The van der Waals surface area contributed by atoms with E-state index in [4.69, 9.17) is 5.73 Å². The molecule has 0 aliphatic carbocycles. The van der Waals surface area contributed by atoms with E-state index >= 15 is 0 Å². The minimum Gasteiger partial charge on any atom is -0.363 e. The van der Waals surface area contributed by atoms with Gasteiger partial charge in [0.1, 0.15) is 0 Å². The summed E-state index contributed by atoms with van der Waals surface area (Å²) in [6.07, 6.45) is 0. The van der Waals surface area contributed by atoms with Gasteiger partial charge in [-0.15, -0.1) is 5.10 Å². The van der Waals surface area contributed by atoms with E-state index in [1.54, 1.807) is 4.68 Å². The first-order valence-electron chi connectivity index (χ1n) is 6.97. The maximum atomic E-state index is 11.5. The van der Waals surface area contributed by atoms with Gasteiger partial charge in [-0.2, -0.15) is 0 Å². The molecular formula is C17H16N4O. The Labute approximate surface area is 128 Å². The summed E-state index contributed by atoms with van der Waals surface area (Å²) in [5.41, 5.74) is 9.34. The van der Waals surface area contributed by atoms with Crippen LogP contribution in [0, 0.1) is 13.8 Å². The Morgan fingerprint density at radius 2 is 1.77 bits per heavy atom. The van der Waals surface area contributed by atoms with Crippen LogP contribution in [0.5, 0.6) is 0 Å². The molecule has 110 valence electrons.